The van der Waals surface area contributed by atoms with Gasteiger partial charge in [0.05, 0.1) is 0 Å². The van der Waals surface area contributed by atoms with E-state index in [1.807, 2.05) is 18.2 Å². The summed E-state index contributed by atoms with van der Waals surface area (Å²) in [6.45, 7) is 2.37. The molecule has 21 heavy (non-hydrogen) atoms. The topological polar surface area (TPSA) is 38.2 Å². The van der Waals surface area contributed by atoms with Crippen LogP contribution in [0.4, 0.5) is 10.2 Å². The Morgan fingerprint density at radius 1 is 1.05 bits per heavy atom. The predicted molar refractivity (Wildman–Crippen MR) is 78.8 cm³/mol. The first kappa shape index (κ1) is 13.8. The quantitative estimate of drug-likeness (QED) is 0.865. The van der Waals surface area contributed by atoms with E-state index in [9.17, 15) is 4.39 Å². The molecule has 1 aromatic carbocycles. The Hall–Kier alpha value is -2.17. The maximum Gasteiger partial charge on any atom is 0.233 e. The monoisotopic (exact) mass is 287 g/mol. The average Bonchev–Trinajstić information content (AvgIpc) is 2.54. The van der Waals surface area contributed by atoms with Crippen LogP contribution >= 0.6 is 0 Å². The van der Waals surface area contributed by atoms with Gasteiger partial charge in [0.1, 0.15) is 12.4 Å². The fourth-order valence-electron chi connectivity index (χ4n) is 2.47. The molecule has 1 fully saturated rings. The molecule has 5 heteroatoms. The van der Waals surface area contributed by atoms with Crippen LogP contribution in [-0.2, 0) is 6.61 Å². The number of aromatic nitrogens is 2. The Morgan fingerprint density at radius 3 is 2.62 bits per heavy atom. The Balaban J connectivity index is 1.59. The van der Waals surface area contributed by atoms with Crippen molar-refractivity contribution in [2.45, 2.75) is 25.9 Å². The first-order valence-electron chi connectivity index (χ1n) is 7.27. The van der Waals surface area contributed by atoms with E-state index in [0.717, 1.165) is 24.5 Å². The molecule has 2 heterocycles. The molecule has 0 aliphatic carbocycles. The molecule has 1 aliphatic rings. The van der Waals surface area contributed by atoms with Gasteiger partial charge in [-0.05, 0) is 43.0 Å². The third-order valence-electron chi connectivity index (χ3n) is 3.58. The molecule has 2 aromatic rings. The van der Waals surface area contributed by atoms with E-state index in [0.29, 0.717) is 5.88 Å². The molecule has 0 radical (unpaired) electrons. The van der Waals surface area contributed by atoms with Crippen molar-refractivity contribution in [1.29, 1.82) is 0 Å². The van der Waals surface area contributed by atoms with Crippen molar-refractivity contribution < 1.29 is 9.13 Å². The number of rotatable bonds is 4. The van der Waals surface area contributed by atoms with E-state index in [1.165, 1.54) is 31.4 Å². The van der Waals surface area contributed by atoms with Crippen molar-refractivity contribution in [2.75, 3.05) is 18.0 Å². The van der Waals surface area contributed by atoms with Crippen molar-refractivity contribution >= 4 is 5.82 Å². The van der Waals surface area contributed by atoms with Crippen LogP contribution in [0.3, 0.4) is 0 Å². The van der Waals surface area contributed by atoms with Crippen LogP contribution in [0.5, 0.6) is 5.88 Å². The van der Waals surface area contributed by atoms with Gasteiger partial charge in [0.25, 0.3) is 0 Å². The number of ether oxygens (including phenoxy) is 1. The molecule has 0 N–H and O–H groups in total. The Labute approximate surface area is 123 Å². The van der Waals surface area contributed by atoms with Crippen LogP contribution in [-0.4, -0.2) is 23.3 Å². The molecular formula is C16H18FN3O. The highest BCUT2D eigenvalue weighted by molar-refractivity contribution is 5.38. The lowest BCUT2D eigenvalue weighted by Crippen LogP contribution is -2.30. The highest BCUT2D eigenvalue weighted by Crippen LogP contribution is 2.18. The van der Waals surface area contributed by atoms with E-state index >= 15 is 0 Å². The second-order valence-electron chi connectivity index (χ2n) is 5.20. The van der Waals surface area contributed by atoms with Crippen molar-refractivity contribution in [3.8, 4) is 5.88 Å². The van der Waals surface area contributed by atoms with E-state index in [-0.39, 0.29) is 12.4 Å². The second-order valence-corrected chi connectivity index (χ2v) is 5.20. The molecule has 0 atom stereocenters. The third-order valence-corrected chi connectivity index (χ3v) is 3.58. The first-order valence-corrected chi connectivity index (χ1v) is 7.27. The Kier molecular flexibility index (Phi) is 4.28. The number of nitrogens with zero attached hydrogens (tertiary/aromatic N) is 3. The number of hydrogen-bond acceptors (Lipinski definition) is 4. The molecule has 1 saturated heterocycles. The van der Waals surface area contributed by atoms with Gasteiger partial charge in [-0.1, -0.05) is 12.1 Å². The normalized spacial score (nSPS) is 15.0. The van der Waals surface area contributed by atoms with Gasteiger partial charge in [-0.2, -0.15) is 0 Å². The highest BCUT2D eigenvalue weighted by atomic mass is 19.1. The predicted octanol–water partition coefficient (Wildman–Crippen LogP) is 3.19. The minimum Gasteiger partial charge on any atom is -0.472 e. The standard InChI is InChI=1S/C16H18FN3O/c17-14-6-4-5-13(11-14)12-21-16-8-7-15(18-19-16)20-9-2-1-3-10-20/h4-8,11H,1-3,9-10,12H2. The highest BCUT2D eigenvalue weighted by Gasteiger charge is 2.12. The lowest BCUT2D eigenvalue weighted by atomic mass is 10.1. The summed E-state index contributed by atoms with van der Waals surface area (Å²) in [5.41, 5.74) is 0.775. The summed E-state index contributed by atoms with van der Waals surface area (Å²) < 4.78 is 18.6. The summed E-state index contributed by atoms with van der Waals surface area (Å²) in [6.07, 6.45) is 3.71. The van der Waals surface area contributed by atoms with Crippen molar-refractivity contribution in [1.82, 2.24) is 10.2 Å². The maximum atomic E-state index is 13.1. The molecule has 1 aromatic heterocycles. The van der Waals surface area contributed by atoms with Gasteiger partial charge >= 0.3 is 0 Å². The zero-order valence-electron chi connectivity index (χ0n) is 11.8. The van der Waals surface area contributed by atoms with Gasteiger partial charge in [-0.25, -0.2) is 4.39 Å². The summed E-state index contributed by atoms with van der Waals surface area (Å²) in [7, 11) is 0. The number of halogens is 1. The summed E-state index contributed by atoms with van der Waals surface area (Å²) in [5, 5.41) is 8.29. The van der Waals surface area contributed by atoms with E-state index < -0.39 is 0 Å². The van der Waals surface area contributed by atoms with Crippen LogP contribution in [0.1, 0.15) is 24.8 Å². The largest absolute Gasteiger partial charge is 0.472 e. The number of hydrogen-bond donors (Lipinski definition) is 0. The number of benzene rings is 1. The molecule has 0 saturated carbocycles. The Morgan fingerprint density at radius 2 is 1.90 bits per heavy atom. The molecule has 1 aliphatic heterocycles. The lowest BCUT2D eigenvalue weighted by molar-refractivity contribution is 0.289. The summed E-state index contributed by atoms with van der Waals surface area (Å²) in [5.74, 6) is 1.09. The molecule has 0 spiro atoms. The van der Waals surface area contributed by atoms with Gasteiger partial charge in [0, 0.05) is 19.2 Å². The Bertz CT molecular complexity index is 582. The molecule has 0 amide bonds. The van der Waals surface area contributed by atoms with E-state index in [4.69, 9.17) is 4.74 Å². The van der Waals surface area contributed by atoms with Crippen molar-refractivity contribution in [3.05, 3.63) is 47.8 Å². The van der Waals surface area contributed by atoms with Crippen LogP contribution in [0, 0.1) is 5.82 Å². The molecule has 4 nitrogen and oxygen atoms in total. The lowest BCUT2D eigenvalue weighted by Gasteiger charge is -2.27. The fraction of sp³-hybridized carbons (Fsp3) is 0.375. The first-order chi connectivity index (χ1) is 10.3. The number of piperidine rings is 1. The van der Waals surface area contributed by atoms with Gasteiger partial charge < -0.3 is 9.64 Å². The third kappa shape index (κ3) is 3.68. The minimum absolute atomic E-state index is 0.261. The average molecular weight is 287 g/mol. The van der Waals surface area contributed by atoms with Gasteiger partial charge in [0.2, 0.25) is 5.88 Å². The maximum absolute atomic E-state index is 13.1. The number of anilines is 1. The zero-order chi connectivity index (χ0) is 14.5. The zero-order valence-corrected chi connectivity index (χ0v) is 11.8. The van der Waals surface area contributed by atoms with E-state index in [1.54, 1.807) is 6.07 Å². The summed E-state index contributed by atoms with van der Waals surface area (Å²) in [4.78, 5) is 2.24. The molecule has 110 valence electrons. The van der Waals surface area contributed by atoms with Crippen molar-refractivity contribution in [3.63, 3.8) is 0 Å². The molecule has 3 rings (SSSR count). The summed E-state index contributed by atoms with van der Waals surface area (Å²) >= 11 is 0. The molecule has 0 unspecified atom stereocenters. The summed E-state index contributed by atoms with van der Waals surface area (Å²) in [6, 6.07) is 10.1. The second kappa shape index (κ2) is 6.52. The van der Waals surface area contributed by atoms with Gasteiger partial charge in [-0.15, -0.1) is 10.2 Å². The van der Waals surface area contributed by atoms with Crippen molar-refractivity contribution in [2.24, 2.45) is 0 Å². The molecular weight excluding hydrogens is 269 g/mol. The van der Waals surface area contributed by atoms with E-state index in [2.05, 4.69) is 15.1 Å². The van der Waals surface area contributed by atoms with Gasteiger partial charge in [-0.3, -0.25) is 0 Å². The van der Waals surface area contributed by atoms with Crippen LogP contribution in [0.15, 0.2) is 36.4 Å². The van der Waals surface area contributed by atoms with Crippen LogP contribution < -0.4 is 9.64 Å². The SMILES string of the molecule is Fc1cccc(COc2ccc(N3CCCCC3)nn2)c1. The fourth-order valence-corrected chi connectivity index (χ4v) is 2.47. The molecule has 0 bridgehead atoms. The van der Waals surface area contributed by atoms with Crippen LogP contribution in [0.2, 0.25) is 0 Å². The smallest absolute Gasteiger partial charge is 0.233 e. The van der Waals surface area contributed by atoms with Crippen LogP contribution in [0.25, 0.3) is 0 Å². The minimum atomic E-state index is -0.261. The van der Waals surface area contributed by atoms with Gasteiger partial charge in [0.15, 0.2) is 5.82 Å².